The second-order valence-corrected chi connectivity index (χ2v) is 9.44. The Balaban J connectivity index is 1.56. The van der Waals surface area contributed by atoms with Crippen molar-refractivity contribution in [3.8, 4) is 0 Å². The van der Waals surface area contributed by atoms with E-state index in [1.165, 1.54) is 0 Å². The highest BCUT2D eigenvalue weighted by molar-refractivity contribution is 7.89. The van der Waals surface area contributed by atoms with E-state index in [4.69, 9.17) is 11.6 Å². The van der Waals surface area contributed by atoms with E-state index < -0.39 is 10.0 Å². The van der Waals surface area contributed by atoms with Crippen molar-refractivity contribution >= 4 is 27.6 Å². The highest BCUT2D eigenvalue weighted by Gasteiger charge is 2.26. The Morgan fingerprint density at radius 1 is 1.10 bits per heavy atom. The summed E-state index contributed by atoms with van der Waals surface area (Å²) >= 11 is 5.81. The van der Waals surface area contributed by atoms with E-state index in [0.29, 0.717) is 42.2 Å². The molecular formula is C21H28ClN5O2S. The largest absolute Gasteiger partial charge is 0.357 e. The Morgan fingerprint density at radius 2 is 1.80 bits per heavy atom. The Hall–Kier alpha value is -2.16. The Bertz CT molecular complexity index is 940. The molecular weight excluding hydrogens is 422 g/mol. The lowest BCUT2D eigenvalue weighted by Crippen LogP contribution is -2.38. The molecule has 1 aromatic carbocycles. The lowest BCUT2D eigenvalue weighted by Gasteiger charge is -2.15. The summed E-state index contributed by atoms with van der Waals surface area (Å²) in [6.45, 7) is 5.15. The van der Waals surface area contributed by atoms with Gasteiger partial charge < -0.3 is 10.6 Å². The van der Waals surface area contributed by atoms with Gasteiger partial charge in [0, 0.05) is 32.4 Å². The fourth-order valence-corrected chi connectivity index (χ4v) is 4.86. The molecule has 162 valence electrons. The second kappa shape index (κ2) is 10.7. The van der Waals surface area contributed by atoms with Crippen molar-refractivity contribution in [2.45, 2.75) is 37.6 Å². The van der Waals surface area contributed by atoms with E-state index in [1.807, 2.05) is 25.1 Å². The molecule has 1 aliphatic rings. The van der Waals surface area contributed by atoms with Crippen LogP contribution in [0, 0.1) is 0 Å². The summed E-state index contributed by atoms with van der Waals surface area (Å²) in [5.41, 5.74) is 2.05. The normalized spacial score (nSPS) is 15.3. The average Bonchev–Trinajstić information content (AvgIpc) is 3.30. The number of aliphatic imine (C=N–C) groups is 1. The van der Waals surface area contributed by atoms with Gasteiger partial charge in [-0.1, -0.05) is 29.8 Å². The zero-order valence-corrected chi connectivity index (χ0v) is 18.7. The first-order valence-electron chi connectivity index (χ1n) is 10.2. The smallest absolute Gasteiger partial charge is 0.243 e. The minimum atomic E-state index is -3.38. The standard InChI is InChI=1S/C21H28ClN5O2S/c1-2-23-21(24-12-11-18-7-10-20(22)25-15-18)26-16-17-5-8-19(9-6-17)30(28,29)27-13-3-4-14-27/h5-10,15H,2-4,11-14,16H2,1H3,(H2,23,24,26). The van der Waals surface area contributed by atoms with Gasteiger partial charge in [-0.05, 0) is 55.5 Å². The van der Waals surface area contributed by atoms with Gasteiger partial charge in [0.1, 0.15) is 5.15 Å². The third kappa shape index (κ3) is 6.17. The van der Waals surface area contributed by atoms with Crippen molar-refractivity contribution < 1.29 is 8.42 Å². The number of hydrogen-bond acceptors (Lipinski definition) is 4. The van der Waals surface area contributed by atoms with Gasteiger partial charge in [-0.3, -0.25) is 0 Å². The summed E-state index contributed by atoms with van der Waals surface area (Å²) in [5, 5.41) is 7.01. The molecule has 2 aromatic rings. The predicted octanol–water partition coefficient (Wildman–Crippen LogP) is 2.82. The molecule has 0 atom stereocenters. The van der Waals surface area contributed by atoms with Gasteiger partial charge in [0.2, 0.25) is 10.0 Å². The first-order chi connectivity index (χ1) is 14.5. The molecule has 1 aromatic heterocycles. The van der Waals surface area contributed by atoms with Gasteiger partial charge in [-0.2, -0.15) is 4.31 Å². The van der Waals surface area contributed by atoms with Crippen LogP contribution in [0.1, 0.15) is 30.9 Å². The summed E-state index contributed by atoms with van der Waals surface area (Å²) in [4.78, 5) is 9.03. The van der Waals surface area contributed by atoms with E-state index in [-0.39, 0.29) is 0 Å². The van der Waals surface area contributed by atoms with Crippen LogP contribution in [0.4, 0.5) is 0 Å². The fraction of sp³-hybridized carbons (Fsp3) is 0.429. The molecule has 0 unspecified atom stereocenters. The maximum atomic E-state index is 12.6. The van der Waals surface area contributed by atoms with E-state index in [0.717, 1.165) is 36.9 Å². The molecule has 3 rings (SSSR count). The number of nitrogens with zero attached hydrogens (tertiary/aromatic N) is 3. The van der Waals surface area contributed by atoms with E-state index in [9.17, 15) is 8.42 Å². The number of hydrogen-bond donors (Lipinski definition) is 2. The molecule has 7 nitrogen and oxygen atoms in total. The Morgan fingerprint density at radius 3 is 2.43 bits per heavy atom. The summed E-state index contributed by atoms with van der Waals surface area (Å²) in [7, 11) is -3.38. The summed E-state index contributed by atoms with van der Waals surface area (Å²) in [6.07, 6.45) is 4.44. The van der Waals surface area contributed by atoms with Gasteiger partial charge in [0.05, 0.1) is 11.4 Å². The van der Waals surface area contributed by atoms with Crippen LogP contribution in [-0.4, -0.2) is 49.8 Å². The van der Waals surface area contributed by atoms with E-state index in [1.54, 1.807) is 28.7 Å². The molecule has 1 fully saturated rings. The number of rotatable bonds is 8. The highest BCUT2D eigenvalue weighted by Crippen LogP contribution is 2.21. The van der Waals surface area contributed by atoms with Crippen LogP contribution in [0.2, 0.25) is 5.15 Å². The van der Waals surface area contributed by atoms with Crippen LogP contribution in [0.5, 0.6) is 0 Å². The second-order valence-electron chi connectivity index (χ2n) is 7.12. The third-order valence-corrected chi connectivity index (χ3v) is 7.02. The number of aromatic nitrogens is 1. The van der Waals surface area contributed by atoms with Crippen molar-refractivity contribution in [2.75, 3.05) is 26.2 Å². The van der Waals surface area contributed by atoms with Crippen molar-refractivity contribution in [1.82, 2.24) is 19.9 Å². The molecule has 30 heavy (non-hydrogen) atoms. The minimum Gasteiger partial charge on any atom is -0.357 e. The molecule has 2 N–H and O–H groups in total. The van der Waals surface area contributed by atoms with E-state index >= 15 is 0 Å². The number of benzene rings is 1. The lowest BCUT2D eigenvalue weighted by molar-refractivity contribution is 0.477. The van der Waals surface area contributed by atoms with Crippen LogP contribution < -0.4 is 10.6 Å². The zero-order valence-electron chi connectivity index (χ0n) is 17.1. The maximum absolute atomic E-state index is 12.6. The van der Waals surface area contributed by atoms with Crippen LogP contribution in [0.3, 0.4) is 0 Å². The number of nitrogens with one attached hydrogen (secondary N) is 2. The molecule has 9 heteroatoms. The molecule has 2 heterocycles. The van der Waals surface area contributed by atoms with Crippen LogP contribution in [0.25, 0.3) is 0 Å². The van der Waals surface area contributed by atoms with E-state index in [2.05, 4.69) is 20.6 Å². The quantitative estimate of drug-likeness (QED) is 0.367. The maximum Gasteiger partial charge on any atom is 0.243 e. The summed E-state index contributed by atoms with van der Waals surface area (Å²) < 4.78 is 26.8. The third-order valence-electron chi connectivity index (χ3n) is 4.88. The molecule has 0 aliphatic carbocycles. The fourth-order valence-electron chi connectivity index (χ4n) is 3.24. The van der Waals surface area contributed by atoms with Crippen molar-refractivity contribution in [3.05, 3.63) is 58.9 Å². The van der Waals surface area contributed by atoms with Gasteiger partial charge in [-0.25, -0.2) is 18.4 Å². The summed E-state index contributed by atoms with van der Waals surface area (Å²) in [6, 6.07) is 10.7. The first kappa shape index (κ1) is 22.5. The summed E-state index contributed by atoms with van der Waals surface area (Å²) in [5.74, 6) is 0.716. The van der Waals surface area contributed by atoms with Crippen LogP contribution in [-0.2, 0) is 23.0 Å². The number of sulfonamides is 1. The number of pyridine rings is 1. The average molecular weight is 450 g/mol. The Labute approximate surface area is 183 Å². The van der Waals surface area contributed by atoms with Gasteiger partial charge in [0.15, 0.2) is 5.96 Å². The molecule has 0 radical (unpaired) electrons. The lowest BCUT2D eigenvalue weighted by atomic mass is 10.2. The SMILES string of the molecule is CCNC(=NCc1ccc(S(=O)(=O)N2CCCC2)cc1)NCCc1ccc(Cl)nc1. The van der Waals surface area contributed by atoms with Crippen LogP contribution in [0.15, 0.2) is 52.5 Å². The predicted molar refractivity (Wildman–Crippen MR) is 120 cm³/mol. The van der Waals surface area contributed by atoms with Crippen molar-refractivity contribution in [1.29, 1.82) is 0 Å². The molecule has 1 aliphatic heterocycles. The van der Waals surface area contributed by atoms with Crippen molar-refractivity contribution in [3.63, 3.8) is 0 Å². The monoisotopic (exact) mass is 449 g/mol. The topological polar surface area (TPSA) is 86.7 Å². The zero-order chi connectivity index (χ0) is 21.4. The van der Waals surface area contributed by atoms with Crippen molar-refractivity contribution in [2.24, 2.45) is 4.99 Å². The molecule has 0 bridgehead atoms. The molecule has 0 amide bonds. The van der Waals surface area contributed by atoms with Crippen LogP contribution >= 0.6 is 11.6 Å². The Kier molecular flexibility index (Phi) is 8.07. The first-order valence-corrected chi connectivity index (χ1v) is 12.0. The molecule has 0 saturated carbocycles. The van der Waals surface area contributed by atoms with Gasteiger partial charge in [0.25, 0.3) is 0 Å². The number of halogens is 1. The number of guanidine groups is 1. The van der Waals surface area contributed by atoms with Gasteiger partial charge >= 0.3 is 0 Å². The van der Waals surface area contributed by atoms with Gasteiger partial charge in [-0.15, -0.1) is 0 Å². The molecule has 0 spiro atoms. The minimum absolute atomic E-state index is 0.346. The highest BCUT2D eigenvalue weighted by atomic mass is 35.5. The molecule has 1 saturated heterocycles.